The van der Waals surface area contributed by atoms with Crippen LogP contribution in [0.4, 0.5) is 17.8 Å². The van der Waals surface area contributed by atoms with Crippen molar-refractivity contribution in [2.45, 2.75) is 0 Å². The van der Waals surface area contributed by atoms with Gasteiger partial charge >= 0.3 is 7.82 Å². The summed E-state index contributed by atoms with van der Waals surface area (Å²) in [6, 6.07) is 6.69. The Kier molecular flexibility index (Phi) is 8.98. The number of nitrogens with two attached hydrogens (primary N) is 2. The van der Waals surface area contributed by atoms with E-state index in [0.29, 0.717) is 86.7 Å². The molecular weight excluding hydrogens is 599 g/mol. The number of para-hydroxylation sites is 1. The van der Waals surface area contributed by atoms with E-state index in [0.717, 1.165) is 0 Å². The van der Waals surface area contributed by atoms with Gasteiger partial charge in [0.15, 0.2) is 11.6 Å². The van der Waals surface area contributed by atoms with E-state index in [1.54, 1.807) is 41.6 Å². The summed E-state index contributed by atoms with van der Waals surface area (Å²) in [4.78, 5) is 74.6. The minimum absolute atomic E-state index is 0.160. The lowest BCUT2D eigenvalue weighted by Gasteiger charge is -2.35. The molecule has 2 aliphatic heterocycles. The van der Waals surface area contributed by atoms with E-state index in [-0.39, 0.29) is 23.2 Å². The minimum atomic E-state index is -4.64. The number of furan rings is 1. The van der Waals surface area contributed by atoms with Crippen LogP contribution in [0, 0.1) is 0 Å². The average Bonchev–Trinajstić information content (AvgIpc) is 3.45. The molecule has 44 heavy (non-hydrogen) atoms. The number of aromatic nitrogens is 5. The monoisotopic (exact) mass is 628 g/mol. The van der Waals surface area contributed by atoms with Gasteiger partial charge in [-0.3, -0.25) is 9.59 Å². The SMILES string of the molecule is NC(=O)c1cccc2cc(C(=O)N3CCN(c4nc(-c5cnc(N)nc5)nc(N5CCOCC5)n4)CC3)oc12.O=P(O)(O)O. The van der Waals surface area contributed by atoms with Gasteiger partial charge in [-0.25, -0.2) is 14.5 Å². The van der Waals surface area contributed by atoms with Crippen LogP contribution in [-0.2, 0) is 9.30 Å². The lowest BCUT2D eigenvalue weighted by molar-refractivity contribution is 0.0716. The normalized spacial score (nSPS) is 15.6. The van der Waals surface area contributed by atoms with Gasteiger partial charge in [0.25, 0.3) is 11.8 Å². The van der Waals surface area contributed by atoms with E-state index in [9.17, 15) is 9.59 Å². The van der Waals surface area contributed by atoms with Crippen molar-refractivity contribution in [3.8, 4) is 11.4 Å². The summed E-state index contributed by atoms with van der Waals surface area (Å²) in [5.74, 6) is 0.936. The fourth-order valence-corrected chi connectivity index (χ4v) is 4.61. The maximum absolute atomic E-state index is 13.2. The van der Waals surface area contributed by atoms with Gasteiger partial charge in [-0.2, -0.15) is 15.0 Å². The number of ether oxygens (including phenoxy) is 1. The fourth-order valence-electron chi connectivity index (χ4n) is 4.61. The first-order valence-electron chi connectivity index (χ1n) is 13.3. The number of primary amides is 1. The third-order valence-corrected chi connectivity index (χ3v) is 6.71. The Morgan fingerprint density at radius 2 is 1.48 bits per heavy atom. The Labute approximate surface area is 249 Å². The van der Waals surface area contributed by atoms with Crippen LogP contribution in [-0.4, -0.2) is 109 Å². The van der Waals surface area contributed by atoms with Crippen molar-refractivity contribution in [1.82, 2.24) is 29.8 Å². The predicted molar refractivity (Wildman–Crippen MR) is 155 cm³/mol. The van der Waals surface area contributed by atoms with Crippen molar-refractivity contribution >= 4 is 48.5 Å². The Hall–Kier alpha value is -4.74. The molecular formula is C25H29N10O8P. The van der Waals surface area contributed by atoms with Crippen LogP contribution in [0.3, 0.4) is 0 Å². The number of carbonyl (C=O) groups is 2. The molecule has 2 aliphatic rings. The summed E-state index contributed by atoms with van der Waals surface area (Å²) in [5.41, 5.74) is 12.3. The number of nitrogen functional groups attached to an aromatic ring is 1. The van der Waals surface area contributed by atoms with Crippen LogP contribution in [0.15, 0.2) is 41.1 Å². The van der Waals surface area contributed by atoms with Gasteiger partial charge in [-0.05, 0) is 12.1 Å². The number of piperazine rings is 1. The van der Waals surface area contributed by atoms with Crippen molar-refractivity contribution < 1.29 is 38.0 Å². The molecule has 4 aromatic rings. The highest BCUT2D eigenvalue weighted by Gasteiger charge is 2.28. The number of hydrogen-bond acceptors (Lipinski definition) is 13. The van der Waals surface area contributed by atoms with Crippen LogP contribution in [0.2, 0.25) is 0 Å². The second-order valence-electron chi connectivity index (χ2n) is 9.68. The topological polar surface area (TPSA) is 260 Å². The number of fused-ring (bicyclic) bond motifs is 1. The first-order chi connectivity index (χ1) is 21.0. The van der Waals surface area contributed by atoms with Crippen molar-refractivity contribution in [1.29, 1.82) is 0 Å². The van der Waals surface area contributed by atoms with Crippen molar-refractivity contribution in [2.24, 2.45) is 5.73 Å². The molecule has 2 amide bonds. The zero-order valence-electron chi connectivity index (χ0n) is 23.2. The largest absolute Gasteiger partial charge is 0.466 e. The number of nitrogens with zero attached hydrogens (tertiary/aromatic N) is 8. The number of anilines is 3. The average molecular weight is 629 g/mol. The van der Waals surface area contributed by atoms with Gasteiger partial charge in [0.05, 0.1) is 24.3 Å². The highest BCUT2D eigenvalue weighted by atomic mass is 31.2. The van der Waals surface area contributed by atoms with Gasteiger partial charge in [0, 0.05) is 57.0 Å². The number of hydrogen-bond donors (Lipinski definition) is 5. The molecule has 19 heteroatoms. The fraction of sp³-hybridized carbons (Fsp3) is 0.320. The van der Waals surface area contributed by atoms with Gasteiger partial charge in [-0.15, -0.1) is 0 Å². The first kappa shape index (κ1) is 30.7. The van der Waals surface area contributed by atoms with E-state index in [2.05, 4.69) is 19.9 Å². The van der Waals surface area contributed by atoms with E-state index >= 15 is 0 Å². The summed E-state index contributed by atoms with van der Waals surface area (Å²) in [5, 5.41) is 0.647. The summed E-state index contributed by atoms with van der Waals surface area (Å²) in [6.45, 7) is 4.37. The quantitative estimate of drug-likeness (QED) is 0.176. The molecule has 0 radical (unpaired) electrons. The highest BCUT2D eigenvalue weighted by Crippen LogP contribution is 2.27. The van der Waals surface area contributed by atoms with Gasteiger partial charge < -0.3 is 50.0 Å². The lowest BCUT2D eigenvalue weighted by Crippen LogP contribution is -2.49. The van der Waals surface area contributed by atoms with Crippen LogP contribution in [0.25, 0.3) is 22.4 Å². The molecule has 2 fully saturated rings. The molecule has 6 rings (SSSR count). The summed E-state index contributed by atoms with van der Waals surface area (Å²) in [6.07, 6.45) is 3.16. The van der Waals surface area contributed by atoms with Gasteiger partial charge in [0.2, 0.25) is 17.8 Å². The maximum Gasteiger partial charge on any atom is 0.466 e. The first-order valence-corrected chi connectivity index (χ1v) is 14.8. The zero-order valence-corrected chi connectivity index (χ0v) is 24.1. The smallest absolute Gasteiger partial charge is 0.450 e. The van der Waals surface area contributed by atoms with E-state index in [1.807, 2.05) is 4.90 Å². The van der Waals surface area contributed by atoms with Crippen molar-refractivity contribution in [2.75, 3.05) is 68.0 Å². The Morgan fingerprint density at radius 1 is 0.886 bits per heavy atom. The molecule has 0 unspecified atom stereocenters. The minimum Gasteiger partial charge on any atom is -0.450 e. The molecule has 2 saturated heterocycles. The number of phosphoric acid groups is 1. The van der Waals surface area contributed by atoms with Crippen LogP contribution < -0.4 is 21.3 Å². The molecule has 0 bridgehead atoms. The molecule has 3 aromatic heterocycles. The van der Waals surface area contributed by atoms with E-state index in [1.165, 1.54) is 0 Å². The predicted octanol–water partition coefficient (Wildman–Crippen LogP) is -0.374. The molecule has 0 saturated carbocycles. The van der Waals surface area contributed by atoms with Crippen LogP contribution >= 0.6 is 7.82 Å². The molecule has 232 valence electrons. The van der Waals surface area contributed by atoms with E-state index in [4.69, 9.17) is 49.8 Å². The molecule has 0 atom stereocenters. The van der Waals surface area contributed by atoms with Crippen LogP contribution in [0.5, 0.6) is 0 Å². The van der Waals surface area contributed by atoms with Gasteiger partial charge in [-0.1, -0.05) is 12.1 Å². The molecule has 0 spiro atoms. The number of benzene rings is 1. The molecule has 5 heterocycles. The summed E-state index contributed by atoms with van der Waals surface area (Å²) < 4.78 is 20.1. The molecule has 0 aliphatic carbocycles. The Morgan fingerprint density at radius 3 is 2.07 bits per heavy atom. The molecule has 1 aromatic carbocycles. The van der Waals surface area contributed by atoms with E-state index < -0.39 is 13.7 Å². The maximum atomic E-state index is 13.2. The number of morpholine rings is 1. The summed E-state index contributed by atoms with van der Waals surface area (Å²) in [7, 11) is -4.64. The Bertz CT molecular complexity index is 1690. The van der Waals surface area contributed by atoms with Crippen molar-refractivity contribution in [3.63, 3.8) is 0 Å². The third-order valence-electron chi connectivity index (χ3n) is 6.71. The highest BCUT2D eigenvalue weighted by molar-refractivity contribution is 7.45. The van der Waals surface area contributed by atoms with Crippen LogP contribution in [0.1, 0.15) is 20.9 Å². The number of carbonyl (C=O) groups excluding carboxylic acids is 2. The Balaban J connectivity index is 0.000000712. The standard InChI is InChI=1S/C25H26N10O4.H3O4P/c26-20(36)17-3-1-2-15-12-18(39-19(15)17)22(37)33-4-6-34(7-5-33)24-30-21(16-13-28-23(27)29-14-16)31-25(32-24)35-8-10-38-11-9-35;1-5(2,3)4/h1-3,12-14H,4-11H2,(H2,26,36)(H2,27,28,29);(H3,1,2,3,4). The number of amides is 2. The zero-order chi connectivity index (χ0) is 31.4. The number of rotatable bonds is 5. The second-order valence-corrected chi connectivity index (χ2v) is 10.7. The molecule has 18 nitrogen and oxygen atoms in total. The van der Waals surface area contributed by atoms with Gasteiger partial charge in [0.1, 0.15) is 5.58 Å². The van der Waals surface area contributed by atoms with Crippen molar-refractivity contribution in [3.05, 3.63) is 48.0 Å². The third kappa shape index (κ3) is 7.42. The summed E-state index contributed by atoms with van der Waals surface area (Å²) >= 11 is 0. The lowest BCUT2D eigenvalue weighted by atomic mass is 10.1. The molecule has 7 N–H and O–H groups in total. The second kappa shape index (κ2) is 12.9.